The minimum absolute atomic E-state index is 0. The number of aromatic nitrogens is 1. The molecule has 4 bridgehead atoms. The highest BCUT2D eigenvalue weighted by Crippen LogP contribution is 2.42. The number of hydrogen-bond donors (Lipinski definition) is 1. The first-order valence-electron chi connectivity index (χ1n) is 8.74. The van der Waals surface area contributed by atoms with E-state index in [0.29, 0.717) is 30.0 Å². The number of ether oxygens (including phenoxy) is 1. The van der Waals surface area contributed by atoms with Crippen LogP contribution in [0.5, 0.6) is 0 Å². The van der Waals surface area contributed by atoms with Gasteiger partial charge in [0.2, 0.25) is 0 Å². The lowest BCUT2D eigenvalue weighted by atomic mass is 9.72. The first kappa shape index (κ1) is 16.3. The van der Waals surface area contributed by atoms with Gasteiger partial charge in [-0.2, -0.15) is 0 Å². The molecule has 0 spiro atoms. The number of piperidine rings is 4. The van der Waals surface area contributed by atoms with Crippen molar-refractivity contribution in [2.24, 2.45) is 5.92 Å². The average molecular weight is 342 g/mol. The monoisotopic (exact) mass is 342 g/mol. The van der Waals surface area contributed by atoms with Gasteiger partial charge in [-0.1, -0.05) is 18.2 Å². The second-order valence-electron chi connectivity index (χ2n) is 7.36. The van der Waals surface area contributed by atoms with Crippen LogP contribution in [0.2, 0.25) is 0 Å². The molecular formula is C19H22N2O4. The summed E-state index contributed by atoms with van der Waals surface area (Å²) < 4.78 is 5.84. The van der Waals surface area contributed by atoms with Crippen molar-refractivity contribution in [3.63, 3.8) is 0 Å². The van der Waals surface area contributed by atoms with Crippen LogP contribution >= 0.6 is 0 Å². The van der Waals surface area contributed by atoms with Crippen LogP contribution in [-0.2, 0) is 9.53 Å². The molecule has 0 saturated carbocycles. The van der Waals surface area contributed by atoms with Crippen LogP contribution in [0.1, 0.15) is 36.0 Å². The van der Waals surface area contributed by atoms with Gasteiger partial charge in [0.1, 0.15) is 11.9 Å². The van der Waals surface area contributed by atoms with Gasteiger partial charge in [0.05, 0.1) is 12.1 Å². The summed E-state index contributed by atoms with van der Waals surface area (Å²) in [6.07, 6.45) is 5.29. The Labute approximate surface area is 145 Å². The van der Waals surface area contributed by atoms with Gasteiger partial charge < -0.3 is 15.2 Å². The molecule has 4 fully saturated rings. The second kappa shape index (κ2) is 5.97. The number of rotatable bonds is 2. The Kier molecular flexibility index (Phi) is 3.89. The fourth-order valence-electron chi connectivity index (χ4n) is 4.87. The van der Waals surface area contributed by atoms with Crippen LogP contribution in [-0.4, -0.2) is 51.8 Å². The predicted octanol–water partition coefficient (Wildman–Crippen LogP) is 1.69. The van der Waals surface area contributed by atoms with E-state index in [9.17, 15) is 9.59 Å². The summed E-state index contributed by atoms with van der Waals surface area (Å²) in [5.74, 6) is 0.403. The molecule has 5 heterocycles. The Morgan fingerprint density at radius 2 is 1.84 bits per heavy atom. The van der Waals surface area contributed by atoms with Gasteiger partial charge in [0, 0.05) is 47.9 Å². The summed E-state index contributed by atoms with van der Waals surface area (Å²) in [5, 5.41) is 0.909. The van der Waals surface area contributed by atoms with Gasteiger partial charge in [0.15, 0.2) is 0 Å². The number of aromatic amines is 1. The normalized spacial score (nSPS) is 33.1. The Hall–Kier alpha value is -2.18. The molecule has 25 heavy (non-hydrogen) atoms. The SMILES string of the molecule is O.O=C(O[C@@H]1C[C@@H]2C[C@@H]3C[C@H](C1)N2CC3=O)c1c[nH]c2ccccc12. The number of nitrogens with one attached hydrogen (secondary N) is 1. The standard InChI is InChI=1S/C19H20N2O3.H2O/c22-18-10-21-12-5-11(18)6-13(21)8-14(7-12)24-19(23)16-9-20-17-4-2-1-3-15(16)17;/h1-4,9,11-14,20H,5-8,10H2;1H2/t11-,12+,13-,14-;. The van der Waals surface area contributed by atoms with Crippen molar-refractivity contribution < 1.29 is 19.8 Å². The van der Waals surface area contributed by atoms with Crippen LogP contribution in [0.25, 0.3) is 10.9 Å². The molecule has 3 N–H and O–H groups in total. The molecule has 6 nitrogen and oxygen atoms in total. The lowest BCUT2D eigenvalue weighted by molar-refractivity contribution is -0.145. The zero-order valence-corrected chi connectivity index (χ0v) is 13.9. The molecule has 4 aliphatic heterocycles. The van der Waals surface area contributed by atoms with Gasteiger partial charge in [-0.15, -0.1) is 0 Å². The van der Waals surface area contributed by atoms with Gasteiger partial charge in [-0.3, -0.25) is 9.69 Å². The maximum absolute atomic E-state index is 12.6. The van der Waals surface area contributed by atoms with Gasteiger partial charge in [-0.05, 0) is 18.9 Å². The number of para-hydroxylation sites is 1. The fourth-order valence-corrected chi connectivity index (χ4v) is 4.87. The minimum Gasteiger partial charge on any atom is -0.459 e. The summed E-state index contributed by atoms with van der Waals surface area (Å²) in [6.45, 7) is 0.600. The maximum atomic E-state index is 12.6. The maximum Gasteiger partial charge on any atom is 0.340 e. The molecule has 4 saturated heterocycles. The number of esters is 1. The third-order valence-corrected chi connectivity index (χ3v) is 6.00. The molecule has 0 radical (unpaired) electrons. The highest BCUT2D eigenvalue weighted by Gasteiger charge is 2.49. The molecule has 132 valence electrons. The smallest absolute Gasteiger partial charge is 0.340 e. The van der Waals surface area contributed by atoms with E-state index in [2.05, 4.69) is 9.88 Å². The number of carbonyl (C=O) groups is 2. The van der Waals surface area contributed by atoms with Crippen LogP contribution in [0, 0.1) is 5.92 Å². The number of ketones is 1. The molecular weight excluding hydrogens is 320 g/mol. The molecule has 6 heteroatoms. The fraction of sp³-hybridized carbons (Fsp3) is 0.474. The quantitative estimate of drug-likeness (QED) is 0.841. The third-order valence-electron chi connectivity index (χ3n) is 6.00. The number of H-pyrrole nitrogens is 1. The van der Waals surface area contributed by atoms with Gasteiger partial charge in [0.25, 0.3) is 0 Å². The van der Waals surface area contributed by atoms with E-state index in [1.807, 2.05) is 24.3 Å². The number of nitrogens with zero attached hydrogens (tertiary/aromatic N) is 1. The van der Waals surface area contributed by atoms with Crippen LogP contribution in [0.4, 0.5) is 0 Å². The second-order valence-corrected chi connectivity index (χ2v) is 7.36. The van der Waals surface area contributed by atoms with E-state index in [-0.39, 0.29) is 23.5 Å². The molecule has 6 rings (SSSR count). The molecule has 4 aliphatic rings. The Morgan fingerprint density at radius 3 is 2.56 bits per heavy atom. The molecule has 1 aromatic carbocycles. The predicted molar refractivity (Wildman–Crippen MR) is 92.4 cm³/mol. The largest absolute Gasteiger partial charge is 0.459 e. The summed E-state index contributed by atoms with van der Waals surface area (Å²) >= 11 is 0. The van der Waals surface area contributed by atoms with Crippen molar-refractivity contribution in [1.29, 1.82) is 0 Å². The third kappa shape index (κ3) is 2.56. The highest BCUT2D eigenvalue weighted by molar-refractivity contribution is 6.04. The van der Waals surface area contributed by atoms with Crippen LogP contribution < -0.4 is 0 Å². The number of benzene rings is 1. The van der Waals surface area contributed by atoms with Crippen molar-refractivity contribution in [2.75, 3.05) is 6.54 Å². The number of fused-ring (bicyclic) bond motifs is 2. The lowest BCUT2D eigenvalue weighted by Gasteiger charge is -2.54. The Balaban J connectivity index is 0.00000157. The van der Waals surface area contributed by atoms with Gasteiger partial charge >= 0.3 is 5.97 Å². The van der Waals surface area contributed by atoms with Crippen molar-refractivity contribution >= 4 is 22.7 Å². The first-order chi connectivity index (χ1) is 11.7. The number of hydrogen-bond acceptors (Lipinski definition) is 4. The Morgan fingerprint density at radius 1 is 1.12 bits per heavy atom. The van der Waals surface area contributed by atoms with E-state index in [4.69, 9.17) is 4.74 Å². The molecule has 5 atom stereocenters. The van der Waals surface area contributed by atoms with Gasteiger partial charge in [-0.25, -0.2) is 4.79 Å². The summed E-state index contributed by atoms with van der Waals surface area (Å²) in [5.41, 5.74) is 1.56. The summed E-state index contributed by atoms with van der Waals surface area (Å²) in [7, 11) is 0. The minimum atomic E-state index is -0.242. The van der Waals surface area contributed by atoms with Crippen LogP contribution in [0.3, 0.4) is 0 Å². The van der Waals surface area contributed by atoms with Crippen molar-refractivity contribution in [3.8, 4) is 0 Å². The molecule has 1 aromatic heterocycles. The van der Waals surface area contributed by atoms with Crippen molar-refractivity contribution in [3.05, 3.63) is 36.0 Å². The molecule has 0 amide bonds. The van der Waals surface area contributed by atoms with Crippen molar-refractivity contribution in [2.45, 2.75) is 43.9 Å². The van der Waals surface area contributed by atoms with E-state index in [1.54, 1.807) is 6.20 Å². The van der Waals surface area contributed by atoms with Crippen LogP contribution in [0.15, 0.2) is 30.5 Å². The van der Waals surface area contributed by atoms with Crippen molar-refractivity contribution in [1.82, 2.24) is 9.88 Å². The number of Topliss-reactive ketones (excluding diaryl/α,β-unsaturated/α-hetero) is 1. The highest BCUT2D eigenvalue weighted by atomic mass is 16.5. The summed E-state index contributed by atoms with van der Waals surface area (Å²) in [4.78, 5) is 30.0. The zero-order chi connectivity index (χ0) is 16.3. The first-order valence-corrected chi connectivity index (χ1v) is 8.74. The zero-order valence-electron chi connectivity index (χ0n) is 13.9. The van der Waals surface area contributed by atoms with E-state index < -0.39 is 0 Å². The molecule has 0 aliphatic carbocycles. The van der Waals surface area contributed by atoms with E-state index in [1.165, 1.54) is 0 Å². The topological polar surface area (TPSA) is 93.9 Å². The molecule has 1 unspecified atom stereocenters. The number of carbonyl (C=O) groups excluding carboxylic acids is 2. The molecule has 2 aromatic rings. The summed E-state index contributed by atoms with van der Waals surface area (Å²) in [6, 6.07) is 8.58. The average Bonchev–Trinajstić information content (AvgIpc) is 2.99. The van der Waals surface area contributed by atoms with E-state index >= 15 is 0 Å². The Bertz CT molecular complexity index is 814. The lowest BCUT2D eigenvalue weighted by Crippen LogP contribution is -2.63. The van der Waals surface area contributed by atoms with E-state index in [0.717, 1.165) is 36.6 Å².